The van der Waals surface area contributed by atoms with Gasteiger partial charge in [0.1, 0.15) is 12.4 Å². The zero-order valence-corrected chi connectivity index (χ0v) is 18.7. The molecule has 7 heteroatoms. The molecule has 0 unspecified atom stereocenters. The van der Waals surface area contributed by atoms with E-state index in [0.717, 1.165) is 10.9 Å². The van der Waals surface area contributed by atoms with Crippen molar-refractivity contribution >= 4 is 39.1 Å². The van der Waals surface area contributed by atoms with Crippen LogP contribution >= 0.6 is 15.9 Å². The number of hydrogen-bond acceptors (Lipinski definition) is 4. The molecular formula is C22H26BrN3O3. The van der Waals surface area contributed by atoms with Gasteiger partial charge in [-0.05, 0) is 66.4 Å². The van der Waals surface area contributed by atoms with Crippen LogP contribution in [-0.2, 0) is 4.79 Å². The molecule has 29 heavy (non-hydrogen) atoms. The maximum absolute atomic E-state index is 13.2. The molecule has 1 N–H and O–H groups in total. The summed E-state index contributed by atoms with van der Waals surface area (Å²) < 4.78 is 6.67. The summed E-state index contributed by atoms with van der Waals surface area (Å²) in [5.74, 6) is 0.866. The number of pyridine rings is 1. The number of hydrogen-bond donors (Lipinski definition) is 1. The highest BCUT2D eigenvalue weighted by atomic mass is 79.9. The van der Waals surface area contributed by atoms with E-state index in [1.54, 1.807) is 35.4 Å². The lowest BCUT2D eigenvalue weighted by atomic mass is 9.92. The number of benzene rings is 1. The van der Waals surface area contributed by atoms with E-state index in [1.165, 1.54) is 6.20 Å². The number of fused-ring (bicyclic) bond motifs is 1. The predicted octanol–water partition coefficient (Wildman–Crippen LogP) is 4.89. The second-order valence-corrected chi connectivity index (χ2v) is 9.26. The fourth-order valence-electron chi connectivity index (χ4n) is 3.07. The van der Waals surface area contributed by atoms with Crippen molar-refractivity contribution in [1.29, 1.82) is 0 Å². The summed E-state index contributed by atoms with van der Waals surface area (Å²) >= 11 is 3.32. The molecule has 0 bridgehead atoms. The Morgan fingerprint density at radius 1 is 1.31 bits per heavy atom. The van der Waals surface area contributed by atoms with E-state index in [0.29, 0.717) is 41.8 Å². The molecule has 1 aromatic heterocycles. The molecule has 154 valence electrons. The molecule has 0 radical (unpaired) electrons. The Hall–Kier alpha value is -2.41. The Labute approximate surface area is 179 Å². The highest BCUT2D eigenvalue weighted by Gasteiger charge is 2.37. The molecule has 1 aliphatic heterocycles. The highest BCUT2D eigenvalue weighted by molar-refractivity contribution is 9.10. The maximum Gasteiger partial charge on any atom is 0.257 e. The molecule has 0 fully saturated rings. The van der Waals surface area contributed by atoms with Gasteiger partial charge in [0.05, 0.1) is 16.7 Å². The third kappa shape index (κ3) is 4.96. The molecule has 2 amide bonds. The van der Waals surface area contributed by atoms with E-state index in [1.807, 2.05) is 13.8 Å². The summed E-state index contributed by atoms with van der Waals surface area (Å²) in [5, 5.41) is 2.88. The zero-order valence-electron chi connectivity index (χ0n) is 17.2. The van der Waals surface area contributed by atoms with Crippen molar-refractivity contribution in [2.45, 2.75) is 34.1 Å². The Kier molecular flexibility index (Phi) is 6.27. The molecule has 6 nitrogen and oxygen atoms in total. The van der Waals surface area contributed by atoms with E-state index in [2.05, 4.69) is 40.1 Å². The number of nitrogens with one attached hydrogen (secondary N) is 1. The zero-order chi connectivity index (χ0) is 21.2. The van der Waals surface area contributed by atoms with E-state index in [9.17, 15) is 9.59 Å². The highest BCUT2D eigenvalue weighted by Crippen LogP contribution is 2.38. The number of halogens is 1. The van der Waals surface area contributed by atoms with E-state index >= 15 is 0 Å². The fourth-order valence-corrected chi connectivity index (χ4v) is 3.44. The molecule has 0 atom stereocenters. The van der Waals surface area contributed by atoms with Crippen molar-refractivity contribution in [2.75, 3.05) is 23.4 Å². The monoisotopic (exact) mass is 459 g/mol. The lowest BCUT2D eigenvalue weighted by molar-refractivity contribution is -0.127. The minimum atomic E-state index is -0.624. The van der Waals surface area contributed by atoms with Crippen LogP contribution in [0.25, 0.3) is 0 Å². The van der Waals surface area contributed by atoms with Crippen LogP contribution in [0.5, 0.6) is 5.75 Å². The van der Waals surface area contributed by atoms with Gasteiger partial charge in [0.15, 0.2) is 0 Å². The Morgan fingerprint density at radius 3 is 2.76 bits per heavy atom. The van der Waals surface area contributed by atoms with Crippen molar-refractivity contribution in [3.63, 3.8) is 0 Å². The average molecular weight is 460 g/mol. The van der Waals surface area contributed by atoms with E-state index in [-0.39, 0.29) is 11.8 Å². The van der Waals surface area contributed by atoms with Crippen LogP contribution < -0.4 is 15.0 Å². The third-order valence-corrected chi connectivity index (χ3v) is 5.25. The van der Waals surface area contributed by atoms with Crippen LogP contribution in [0.15, 0.2) is 41.1 Å². The quantitative estimate of drug-likeness (QED) is 0.690. The van der Waals surface area contributed by atoms with Crippen LogP contribution in [0.1, 0.15) is 44.5 Å². The normalized spacial score (nSPS) is 15.5. The summed E-state index contributed by atoms with van der Waals surface area (Å²) in [6.07, 6.45) is 4.01. The van der Waals surface area contributed by atoms with Gasteiger partial charge in [0, 0.05) is 29.1 Å². The number of nitrogens with zero attached hydrogens (tertiary/aromatic N) is 2. The summed E-state index contributed by atoms with van der Waals surface area (Å²) in [7, 11) is 0. The van der Waals surface area contributed by atoms with Crippen LogP contribution in [0.4, 0.5) is 11.4 Å². The Balaban J connectivity index is 1.91. The van der Waals surface area contributed by atoms with Crippen molar-refractivity contribution < 1.29 is 14.3 Å². The lowest BCUT2D eigenvalue weighted by Crippen LogP contribution is -2.42. The van der Waals surface area contributed by atoms with Gasteiger partial charge in [-0.25, -0.2) is 0 Å². The summed E-state index contributed by atoms with van der Waals surface area (Å²) in [6.45, 7) is 8.97. The van der Waals surface area contributed by atoms with Crippen molar-refractivity contribution in [1.82, 2.24) is 4.98 Å². The number of amides is 2. The van der Waals surface area contributed by atoms with Gasteiger partial charge in [-0.2, -0.15) is 0 Å². The molecule has 0 saturated carbocycles. The largest absolute Gasteiger partial charge is 0.490 e. The number of ether oxygens (including phenoxy) is 1. The van der Waals surface area contributed by atoms with Crippen LogP contribution in [0, 0.1) is 11.3 Å². The first kappa shape index (κ1) is 21.3. The SMILES string of the molecule is CC(C)CCN1C(=O)C(C)(C)COc2ccc(NC(=O)c3cncc(Br)c3)cc21. The van der Waals surface area contributed by atoms with Crippen LogP contribution in [0.3, 0.4) is 0 Å². The second kappa shape index (κ2) is 8.53. The van der Waals surface area contributed by atoms with E-state index in [4.69, 9.17) is 4.74 Å². The van der Waals surface area contributed by atoms with Gasteiger partial charge in [-0.3, -0.25) is 14.6 Å². The Morgan fingerprint density at radius 2 is 2.07 bits per heavy atom. The standard InChI is InChI=1S/C22H26BrN3O3/c1-14(2)7-8-26-18-10-17(25-20(27)15-9-16(23)12-24-11-15)5-6-19(18)29-13-22(3,4)21(26)28/h5-6,9-12,14H,7-8,13H2,1-4H3,(H,25,27). The topological polar surface area (TPSA) is 71.5 Å². The van der Waals surface area contributed by atoms with Gasteiger partial charge in [0.2, 0.25) is 5.91 Å². The van der Waals surface area contributed by atoms with E-state index < -0.39 is 5.41 Å². The molecule has 2 heterocycles. The number of anilines is 2. The van der Waals surface area contributed by atoms with Crippen molar-refractivity contribution in [3.05, 3.63) is 46.7 Å². The third-order valence-electron chi connectivity index (χ3n) is 4.82. The van der Waals surface area contributed by atoms with Gasteiger partial charge in [-0.15, -0.1) is 0 Å². The van der Waals surface area contributed by atoms with Crippen molar-refractivity contribution in [2.24, 2.45) is 11.3 Å². The molecule has 1 aromatic carbocycles. The molecule has 0 aliphatic carbocycles. The summed E-state index contributed by atoms with van der Waals surface area (Å²) in [6, 6.07) is 7.10. The first-order valence-electron chi connectivity index (χ1n) is 9.68. The maximum atomic E-state index is 13.2. The second-order valence-electron chi connectivity index (χ2n) is 8.34. The van der Waals surface area contributed by atoms with Gasteiger partial charge < -0.3 is 15.0 Å². The molecule has 1 aliphatic rings. The summed E-state index contributed by atoms with van der Waals surface area (Å²) in [5.41, 5.74) is 1.10. The molecule has 2 aromatic rings. The van der Waals surface area contributed by atoms with Crippen LogP contribution in [-0.4, -0.2) is 29.9 Å². The van der Waals surface area contributed by atoms with Gasteiger partial charge >= 0.3 is 0 Å². The first-order chi connectivity index (χ1) is 13.7. The van der Waals surface area contributed by atoms with Crippen molar-refractivity contribution in [3.8, 4) is 5.75 Å². The molecule has 0 saturated heterocycles. The van der Waals surface area contributed by atoms with Crippen LogP contribution in [0.2, 0.25) is 0 Å². The van der Waals surface area contributed by atoms with Gasteiger partial charge in [0.25, 0.3) is 5.91 Å². The molecule has 0 spiro atoms. The fraction of sp³-hybridized carbons (Fsp3) is 0.409. The minimum absolute atomic E-state index is 0.0246. The lowest BCUT2D eigenvalue weighted by Gasteiger charge is -2.28. The number of rotatable bonds is 5. The Bertz CT molecular complexity index is 927. The molecular weight excluding hydrogens is 434 g/mol. The number of carbonyl (C=O) groups is 2. The first-order valence-corrected chi connectivity index (χ1v) is 10.5. The number of aromatic nitrogens is 1. The summed E-state index contributed by atoms with van der Waals surface area (Å²) in [4.78, 5) is 31.6. The number of carbonyl (C=O) groups excluding carboxylic acids is 2. The van der Waals surface area contributed by atoms with Gasteiger partial charge in [-0.1, -0.05) is 13.8 Å². The predicted molar refractivity (Wildman–Crippen MR) is 117 cm³/mol. The minimum Gasteiger partial charge on any atom is -0.490 e. The average Bonchev–Trinajstić information content (AvgIpc) is 2.75. The smallest absolute Gasteiger partial charge is 0.257 e. The molecule has 3 rings (SSSR count).